The number of aliphatic hydroxyl groups excluding tert-OH is 2. The van der Waals surface area contributed by atoms with Crippen molar-refractivity contribution in [3.8, 4) is 0 Å². The van der Waals surface area contributed by atoms with E-state index < -0.39 is 81.5 Å². The van der Waals surface area contributed by atoms with Crippen LogP contribution >= 0.6 is 0 Å². The second kappa shape index (κ2) is 12.4. The number of carbonyl (C=O) groups is 2. The molecule has 4 saturated carbocycles. The van der Waals surface area contributed by atoms with Crippen molar-refractivity contribution in [1.29, 1.82) is 0 Å². The summed E-state index contributed by atoms with van der Waals surface area (Å²) in [6, 6.07) is 0. The first-order valence-electron chi connectivity index (χ1n) is 18.5. The molecule has 15 atom stereocenters. The van der Waals surface area contributed by atoms with E-state index in [1.54, 1.807) is 0 Å². The van der Waals surface area contributed by atoms with Gasteiger partial charge in [-0.2, -0.15) is 8.42 Å². The van der Waals surface area contributed by atoms with E-state index in [1.807, 2.05) is 13.8 Å². The van der Waals surface area contributed by atoms with E-state index in [0.717, 1.165) is 44.8 Å². The number of allylic oxidation sites excluding steroid dienone is 1. The topological polar surface area (TPSA) is 206 Å². The van der Waals surface area contributed by atoms with Crippen LogP contribution in [-0.2, 0) is 38.4 Å². The minimum Gasteiger partial charge on any atom is -0.481 e. The third kappa shape index (κ3) is 5.59. The van der Waals surface area contributed by atoms with Crippen LogP contribution in [0.15, 0.2) is 11.6 Å². The number of aliphatic hydroxyl groups is 3. The zero-order valence-corrected chi connectivity index (χ0v) is 31.9. The van der Waals surface area contributed by atoms with Crippen LogP contribution in [0.3, 0.4) is 0 Å². The lowest BCUT2D eigenvalue weighted by Gasteiger charge is -2.72. The molecule has 14 heteroatoms. The number of aliphatic carboxylic acids is 1. The first-order chi connectivity index (χ1) is 23.4. The minimum atomic E-state index is -5.13. The standard InChI is InChI=1S/C37H58O13S/c1-19-11-16-37(31(41)42)18-17-34(5)20(28(37)36(19,7)43)9-10-22-33(4)14-13-23(32(2,3)21(33)12-15-35(22,34)6)48-30-25(39)26(50-51(44,45)46)24(38)27(49-30)29(40)47-8/h9,19,21-28,30,38-39,43H,10-18H2,1-8H3,(H,41,42)(H,44,45,46)/t19-,21+,22-,23+,24+,25-,26+,27+,28-,30-,33+,34-,35-,36-,37+/m1/s1. The molecule has 0 bridgehead atoms. The van der Waals surface area contributed by atoms with Crippen LogP contribution in [0.25, 0.3) is 0 Å². The van der Waals surface area contributed by atoms with E-state index in [1.165, 1.54) is 0 Å². The Labute approximate surface area is 301 Å². The number of carboxylic acids is 1. The molecule has 1 aliphatic heterocycles. The smallest absolute Gasteiger partial charge is 0.397 e. The van der Waals surface area contributed by atoms with Crippen LogP contribution in [0.1, 0.15) is 106 Å². The van der Waals surface area contributed by atoms with Gasteiger partial charge in [-0.15, -0.1) is 0 Å². The largest absolute Gasteiger partial charge is 0.481 e. The molecule has 6 aliphatic rings. The second-order valence-electron chi connectivity index (χ2n) is 18.3. The molecule has 0 radical (unpaired) electrons. The van der Waals surface area contributed by atoms with E-state index in [0.29, 0.717) is 25.7 Å². The molecule has 290 valence electrons. The monoisotopic (exact) mass is 742 g/mol. The summed E-state index contributed by atoms with van der Waals surface area (Å²) in [7, 11) is -4.07. The molecule has 13 nitrogen and oxygen atoms in total. The Morgan fingerprint density at radius 3 is 2.20 bits per heavy atom. The van der Waals surface area contributed by atoms with Crippen LogP contribution in [0.2, 0.25) is 0 Å². The summed E-state index contributed by atoms with van der Waals surface area (Å²) in [5.74, 6) is -1.92. The van der Waals surface area contributed by atoms with Crippen molar-refractivity contribution in [2.75, 3.05) is 7.11 Å². The van der Waals surface area contributed by atoms with Gasteiger partial charge in [0.2, 0.25) is 0 Å². The number of ether oxygens (including phenoxy) is 3. The van der Waals surface area contributed by atoms with Crippen LogP contribution in [0, 0.1) is 50.7 Å². The lowest BCUT2D eigenvalue weighted by Crippen LogP contribution is -2.68. The molecular formula is C37H58O13S. The fourth-order valence-electron chi connectivity index (χ4n) is 12.7. The SMILES string of the molecule is COC(=O)[C@H]1O[C@@H](O[C@H]2CC[C@]3(C)[C@H]4CC=C5[C@H]6[C@](C(=O)O)(CC[C@@H](C)[C@@]6(C)O)CC[C@@]5(C)[C@]4(C)CC[C@H]3C2(C)C)[C@H](O)[C@@H](OS(=O)(=O)O)[C@@H]1O. The number of hydrogen-bond donors (Lipinski definition) is 5. The van der Waals surface area contributed by atoms with Gasteiger partial charge in [-0.25, -0.2) is 8.98 Å². The summed E-state index contributed by atoms with van der Waals surface area (Å²) in [4.78, 5) is 25.6. The number of methoxy groups -OCH3 is 1. The third-order valence-corrected chi connectivity index (χ3v) is 16.4. The predicted octanol–water partition coefficient (Wildman–Crippen LogP) is 4.04. The van der Waals surface area contributed by atoms with Gasteiger partial charge in [0.05, 0.1) is 24.2 Å². The van der Waals surface area contributed by atoms with Crippen molar-refractivity contribution < 1.29 is 61.4 Å². The zero-order valence-electron chi connectivity index (χ0n) is 31.1. The average Bonchev–Trinajstić information content (AvgIpc) is 3.02. The normalized spacial score (nSPS) is 50.8. The predicted molar refractivity (Wildman–Crippen MR) is 182 cm³/mol. The van der Waals surface area contributed by atoms with Crippen molar-refractivity contribution in [1.82, 2.24) is 0 Å². The van der Waals surface area contributed by atoms with Gasteiger partial charge in [-0.05, 0) is 104 Å². The van der Waals surface area contributed by atoms with Crippen LogP contribution in [0.4, 0.5) is 0 Å². The Hall–Kier alpha value is -1.65. The Kier molecular flexibility index (Phi) is 9.53. The van der Waals surface area contributed by atoms with E-state index in [-0.39, 0.29) is 34.0 Å². The van der Waals surface area contributed by atoms with Gasteiger partial charge in [-0.3, -0.25) is 9.35 Å². The highest BCUT2D eigenvalue weighted by Crippen LogP contribution is 2.76. The molecule has 0 aromatic rings. The number of hydrogen-bond acceptors (Lipinski definition) is 11. The van der Waals surface area contributed by atoms with Crippen LogP contribution in [-0.4, -0.2) is 94.9 Å². The lowest BCUT2D eigenvalue weighted by molar-refractivity contribution is -0.321. The minimum absolute atomic E-state index is 0.0270. The van der Waals surface area contributed by atoms with Gasteiger partial charge in [0.1, 0.15) is 18.3 Å². The van der Waals surface area contributed by atoms with E-state index in [2.05, 4.69) is 44.9 Å². The van der Waals surface area contributed by atoms with Gasteiger partial charge < -0.3 is 34.6 Å². The van der Waals surface area contributed by atoms with Gasteiger partial charge in [0.15, 0.2) is 12.4 Å². The summed E-state index contributed by atoms with van der Waals surface area (Å²) in [6.07, 6.45) is -0.985. The van der Waals surface area contributed by atoms with E-state index >= 15 is 0 Å². The number of fused-ring (bicyclic) bond motifs is 7. The molecule has 0 unspecified atom stereocenters. The molecule has 0 aromatic heterocycles. The maximum atomic E-state index is 13.1. The maximum Gasteiger partial charge on any atom is 0.397 e. The fourth-order valence-corrected chi connectivity index (χ4v) is 13.3. The molecular weight excluding hydrogens is 684 g/mol. The number of esters is 1. The van der Waals surface area contributed by atoms with Crippen LogP contribution < -0.4 is 0 Å². The third-order valence-electron chi connectivity index (χ3n) is 15.9. The Morgan fingerprint density at radius 2 is 1.59 bits per heavy atom. The van der Waals surface area contributed by atoms with Crippen LogP contribution in [0.5, 0.6) is 0 Å². The Bertz CT molecular complexity index is 1560. The number of rotatable bonds is 6. The number of carbonyl (C=O) groups excluding carboxylic acids is 1. The average molecular weight is 743 g/mol. The van der Waals surface area contributed by atoms with Crippen molar-refractivity contribution >= 4 is 22.3 Å². The van der Waals surface area contributed by atoms with Crippen molar-refractivity contribution in [2.24, 2.45) is 50.7 Å². The molecule has 0 spiro atoms. The van der Waals surface area contributed by atoms with E-state index in [9.17, 15) is 43.0 Å². The number of carboxylic acid groups (broad SMARTS) is 1. The summed E-state index contributed by atoms with van der Waals surface area (Å²) >= 11 is 0. The molecule has 0 amide bonds. The summed E-state index contributed by atoms with van der Waals surface area (Å²) in [6.45, 7) is 15.2. The van der Waals surface area contributed by atoms with Crippen molar-refractivity contribution in [3.05, 3.63) is 11.6 Å². The highest BCUT2D eigenvalue weighted by molar-refractivity contribution is 7.80. The van der Waals surface area contributed by atoms with Crippen molar-refractivity contribution in [3.63, 3.8) is 0 Å². The molecule has 0 aromatic carbocycles. The highest BCUT2D eigenvalue weighted by Gasteiger charge is 2.71. The van der Waals surface area contributed by atoms with E-state index in [4.69, 9.17) is 14.2 Å². The molecule has 5 N–H and O–H groups in total. The molecule has 51 heavy (non-hydrogen) atoms. The first-order valence-corrected chi connectivity index (χ1v) is 19.9. The van der Waals surface area contributed by atoms with Crippen molar-refractivity contribution in [2.45, 2.75) is 149 Å². The molecule has 6 rings (SSSR count). The van der Waals surface area contributed by atoms with Gasteiger partial charge in [-0.1, -0.05) is 53.2 Å². The Balaban J connectivity index is 1.30. The molecule has 5 aliphatic carbocycles. The highest BCUT2D eigenvalue weighted by atomic mass is 32.3. The lowest BCUT2D eigenvalue weighted by atomic mass is 9.33. The Morgan fingerprint density at radius 1 is 0.922 bits per heavy atom. The first kappa shape index (κ1) is 39.1. The van der Waals surface area contributed by atoms with Gasteiger partial charge in [0, 0.05) is 5.92 Å². The fraction of sp³-hybridized carbons (Fsp3) is 0.892. The summed E-state index contributed by atoms with van der Waals surface area (Å²) in [5.41, 5.74) is -2.13. The van der Waals surface area contributed by atoms with Gasteiger partial charge in [0.25, 0.3) is 0 Å². The van der Waals surface area contributed by atoms with Gasteiger partial charge >= 0.3 is 22.3 Å². The second-order valence-corrected chi connectivity index (χ2v) is 19.3. The molecule has 5 fully saturated rings. The molecule has 1 saturated heterocycles. The summed E-state index contributed by atoms with van der Waals surface area (Å²) in [5, 5.41) is 44.6. The molecule has 1 heterocycles. The quantitative estimate of drug-likeness (QED) is 0.113. The maximum absolute atomic E-state index is 13.1. The zero-order chi connectivity index (χ0) is 37.9. The summed E-state index contributed by atoms with van der Waals surface area (Å²) < 4.78 is 54.0.